The number of aryl methyl sites for hydroxylation is 10. The Bertz CT molecular complexity index is 3420. The summed E-state index contributed by atoms with van der Waals surface area (Å²) in [7, 11) is 0. The predicted molar refractivity (Wildman–Crippen MR) is 320 cm³/mol. The van der Waals surface area contributed by atoms with Gasteiger partial charge in [-0.15, -0.1) is 0 Å². The van der Waals surface area contributed by atoms with Crippen LogP contribution in [0.2, 0.25) is 0 Å². The molecular weight excluding hydrogens is 905 g/mol. The Morgan fingerprint density at radius 3 is 1.15 bits per heavy atom. The second kappa shape index (κ2) is 21.1. The van der Waals surface area contributed by atoms with Crippen molar-refractivity contribution in [1.29, 1.82) is 0 Å². The normalized spacial score (nSPS) is 13.6. The molecule has 75 heavy (non-hydrogen) atoms. The Kier molecular flexibility index (Phi) is 14.5. The summed E-state index contributed by atoms with van der Waals surface area (Å²) in [5, 5.41) is 2.62. The fraction of sp³-hybridized carbons (Fsp3) is 0.329. The lowest BCUT2D eigenvalue weighted by Crippen LogP contribution is -2.35. The second-order valence-electron chi connectivity index (χ2n) is 22.5. The molecule has 0 saturated heterocycles. The summed E-state index contributed by atoms with van der Waals surface area (Å²) >= 11 is 0. The summed E-state index contributed by atoms with van der Waals surface area (Å²) in [5.74, 6) is 0.480. The van der Waals surface area contributed by atoms with Gasteiger partial charge in [-0.25, -0.2) is 0 Å². The van der Waals surface area contributed by atoms with Crippen LogP contribution in [0, 0.1) is 27.7 Å². The van der Waals surface area contributed by atoms with E-state index >= 15 is 0 Å². The molecule has 8 aromatic carbocycles. The van der Waals surface area contributed by atoms with Gasteiger partial charge < -0.3 is 0 Å². The average molecular weight is 986 g/mol. The van der Waals surface area contributed by atoms with Gasteiger partial charge >= 0.3 is 0 Å². The van der Waals surface area contributed by atoms with Crippen LogP contribution in [0.1, 0.15) is 193 Å². The molecule has 0 N–H and O–H groups in total. The Morgan fingerprint density at radius 1 is 0.387 bits per heavy atom. The van der Waals surface area contributed by atoms with Crippen LogP contribution in [0.5, 0.6) is 0 Å². The van der Waals surface area contributed by atoms with Crippen molar-refractivity contribution < 1.29 is 4.57 Å². The van der Waals surface area contributed by atoms with Crippen LogP contribution in [-0.2, 0) is 38.5 Å². The molecule has 1 aliphatic rings. The number of hydrogen-bond donors (Lipinski definition) is 0. The Morgan fingerprint density at radius 2 is 0.733 bits per heavy atom. The molecule has 2 heteroatoms. The molecule has 0 bridgehead atoms. The lowest BCUT2D eigenvalue weighted by atomic mass is 9.82. The van der Waals surface area contributed by atoms with Gasteiger partial charge in [0.05, 0.1) is 0 Å². The quantitative estimate of drug-likeness (QED) is 0.0853. The Hall–Kier alpha value is -6.77. The third-order valence-corrected chi connectivity index (χ3v) is 17.2. The average Bonchev–Trinajstić information content (AvgIpc) is 3.97. The minimum absolute atomic E-state index is 0.119. The van der Waals surface area contributed by atoms with Gasteiger partial charge in [-0.1, -0.05) is 213 Å². The fourth-order valence-corrected chi connectivity index (χ4v) is 12.9. The Labute approximate surface area is 450 Å². The molecule has 382 valence electrons. The van der Waals surface area contributed by atoms with Crippen LogP contribution >= 0.6 is 0 Å². The van der Waals surface area contributed by atoms with Crippen LogP contribution in [-0.4, -0.2) is 4.57 Å². The van der Waals surface area contributed by atoms with Gasteiger partial charge in [-0.2, -0.15) is 9.13 Å². The lowest BCUT2D eigenvalue weighted by Gasteiger charge is -2.25. The standard InChI is InChI=1S/C73H81N2/c1-15-52-27-44(7)29-59(37-52)48(11)65-31-46(9)32-66(49(12)60-30-45(8)28-53(16-2)38-60)70(65)74-43-75(73-64-26-22-24-58-23-21-25-63(69(58)64)72(73)74)71-67(50(13)61-39-54(17-3)35-55(18-4)40-61)33-47(10)34-68(71)51(14)62-41-56(19-5)36-57(20-6)42-62/h21-43,48-51H,15-20H2,1-14H3/q+1/t48-,49-,50-,51-/m1/s1. The molecule has 1 aromatic heterocycles. The van der Waals surface area contributed by atoms with E-state index in [1.165, 1.54) is 145 Å². The van der Waals surface area contributed by atoms with Crippen LogP contribution in [0.4, 0.5) is 0 Å². The first-order valence-corrected chi connectivity index (χ1v) is 28.6. The number of hydrogen-bond acceptors (Lipinski definition) is 0. The highest BCUT2D eigenvalue weighted by molar-refractivity contribution is 6.13. The largest absolute Gasteiger partial charge is 0.255 e. The van der Waals surface area contributed by atoms with E-state index in [4.69, 9.17) is 0 Å². The van der Waals surface area contributed by atoms with E-state index in [1.54, 1.807) is 0 Å². The smallest absolute Gasteiger partial charge is 0.193 e. The molecule has 0 unspecified atom stereocenters. The monoisotopic (exact) mass is 986 g/mol. The van der Waals surface area contributed by atoms with E-state index in [9.17, 15) is 0 Å². The molecule has 0 amide bonds. The molecule has 9 aromatic rings. The highest BCUT2D eigenvalue weighted by atomic mass is 15.2. The molecule has 0 aliphatic heterocycles. The van der Waals surface area contributed by atoms with Gasteiger partial charge in [0.2, 0.25) is 0 Å². The van der Waals surface area contributed by atoms with E-state index in [0.717, 1.165) is 38.5 Å². The summed E-state index contributed by atoms with van der Waals surface area (Å²) in [6.45, 7) is 32.8. The van der Waals surface area contributed by atoms with E-state index in [1.807, 2.05) is 0 Å². The number of imidazole rings is 1. The fourth-order valence-electron chi connectivity index (χ4n) is 12.9. The van der Waals surface area contributed by atoms with Crippen LogP contribution in [0.3, 0.4) is 0 Å². The van der Waals surface area contributed by atoms with Crippen molar-refractivity contribution in [3.63, 3.8) is 0 Å². The molecular formula is C73H81N2+. The lowest BCUT2D eigenvalue weighted by molar-refractivity contribution is -0.584. The molecule has 1 aliphatic carbocycles. The molecule has 0 saturated carbocycles. The maximum atomic E-state index is 2.68. The molecule has 10 rings (SSSR count). The zero-order valence-electron chi connectivity index (χ0n) is 47.7. The molecule has 1 heterocycles. The van der Waals surface area contributed by atoms with E-state index in [-0.39, 0.29) is 23.7 Å². The van der Waals surface area contributed by atoms with Crippen molar-refractivity contribution in [3.05, 3.63) is 240 Å². The van der Waals surface area contributed by atoms with Gasteiger partial charge in [-0.05, 0) is 139 Å². The number of nitrogens with zero attached hydrogens (tertiary/aromatic N) is 2. The summed E-state index contributed by atoms with van der Waals surface area (Å²) < 4.78 is 5.36. The first-order valence-electron chi connectivity index (χ1n) is 28.6. The first kappa shape index (κ1) is 51.7. The van der Waals surface area contributed by atoms with Crippen molar-refractivity contribution in [2.24, 2.45) is 0 Å². The predicted octanol–water partition coefficient (Wildman–Crippen LogP) is 18.8. The Balaban J connectivity index is 1.36. The van der Waals surface area contributed by atoms with Crippen LogP contribution in [0.15, 0.2) is 140 Å². The topological polar surface area (TPSA) is 8.81 Å². The highest BCUT2D eigenvalue weighted by Gasteiger charge is 2.41. The van der Waals surface area contributed by atoms with Gasteiger partial charge in [0.25, 0.3) is 6.33 Å². The van der Waals surface area contributed by atoms with Crippen LogP contribution < -0.4 is 4.57 Å². The molecule has 0 spiro atoms. The summed E-state index contributed by atoms with van der Waals surface area (Å²) in [6.07, 6.45) is 8.61. The van der Waals surface area contributed by atoms with Gasteiger partial charge in [-0.3, -0.25) is 0 Å². The SMILES string of the molecule is CCc1cc(CC)cc([C@@H](C)c2cc(C)cc([C@H](C)c3cc(CC)cc(CC)c3)c2-n2c[n+](-c3c([C@H](C)c4cc(C)cc(CC)c4)cc(C)cc3[C@H](C)c3cc(C)cc(CC)c3)c3c2-c2cccc4cccc-3c24)c1. The van der Waals surface area contributed by atoms with Crippen molar-refractivity contribution >= 4 is 10.8 Å². The number of fused-ring (bicyclic) bond motifs is 3. The molecule has 2 nitrogen and oxygen atoms in total. The molecule has 0 radical (unpaired) electrons. The van der Waals surface area contributed by atoms with E-state index < -0.39 is 0 Å². The number of aromatic nitrogens is 2. The molecule has 0 fully saturated rings. The third kappa shape index (κ3) is 9.53. The van der Waals surface area contributed by atoms with E-state index in [2.05, 4.69) is 246 Å². The number of rotatable bonds is 16. The third-order valence-electron chi connectivity index (χ3n) is 17.2. The van der Waals surface area contributed by atoms with Gasteiger partial charge in [0.15, 0.2) is 11.4 Å². The summed E-state index contributed by atoms with van der Waals surface area (Å²) in [4.78, 5) is 0. The van der Waals surface area contributed by atoms with Crippen molar-refractivity contribution in [2.45, 2.75) is 159 Å². The minimum Gasteiger partial charge on any atom is -0.193 e. The maximum absolute atomic E-state index is 2.68. The minimum atomic E-state index is 0.119. The first-order chi connectivity index (χ1) is 36.2. The maximum Gasteiger partial charge on any atom is 0.255 e. The number of benzene rings is 8. The summed E-state index contributed by atoms with van der Waals surface area (Å²) in [5.41, 5.74) is 32.4. The van der Waals surface area contributed by atoms with Gasteiger partial charge in [0, 0.05) is 62.4 Å². The van der Waals surface area contributed by atoms with Gasteiger partial charge in [0.1, 0.15) is 11.4 Å². The van der Waals surface area contributed by atoms with Crippen molar-refractivity contribution in [3.8, 4) is 33.9 Å². The zero-order valence-corrected chi connectivity index (χ0v) is 47.7. The molecule has 4 atom stereocenters. The van der Waals surface area contributed by atoms with E-state index in [0.29, 0.717) is 0 Å². The van der Waals surface area contributed by atoms with Crippen molar-refractivity contribution in [1.82, 2.24) is 4.57 Å². The second-order valence-corrected chi connectivity index (χ2v) is 22.5. The zero-order chi connectivity index (χ0) is 53.0. The van der Waals surface area contributed by atoms with Crippen molar-refractivity contribution in [2.75, 3.05) is 0 Å². The van der Waals surface area contributed by atoms with Crippen LogP contribution in [0.25, 0.3) is 44.7 Å². The highest BCUT2D eigenvalue weighted by Crippen LogP contribution is 2.50. The summed E-state index contributed by atoms with van der Waals surface area (Å²) in [6, 6.07) is 53.4.